The van der Waals surface area contributed by atoms with Gasteiger partial charge in [0.1, 0.15) is 17.3 Å². The lowest BCUT2D eigenvalue weighted by Crippen LogP contribution is -2.32. The highest BCUT2D eigenvalue weighted by atomic mass is 127. The Balaban J connectivity index is 1.52. The fraction of sp³-hybridized carbons (Fsp3) is 0.185. The molecule has 2 amide bonds. The molecule has 0 atom stereocenters. The van der Waals surface area contributed by atoms with Crippen LogP contribution in [0.1, 0.15) is 18.1 Å². The summed E-state index contributed by atoms with van der Waals surface area (Å²) in [6.45, 7) is 4.21. The van der Waals surface area contributed by atoms with Crippen LogP contribution in [-0.2, 0) is 14.9 Å². The summed E-state index contributed by atoms with van der Waals surface area (Å²) in [4.78, 5) is 26.8. The topological polar surface area (TPSA) is 99.2 Å². The van der Waals surface area contributed by atoms with Crippen molar-refractivity contribution in [2.75, 3.05) is 19.8 Å². The number of thioether (sulfide) groups is 1. The maximum Gasteiger partial charge on any atom is 0.339 e. The number of halogens is 2. The molecular formula is C27H23ClINO7S2. The molecule has 0 saturated carbocycles. The van der Waals surface area contributed by atoms with E-state index >= 15 is 0 Å². The van der Waals surface area contributed by atoms with Gasteiger partial charge in [0, 0.05) is 5.02 Å². The molecule has 0 aliphatic carbocycles. The summed E-state index contributed by atoms with van der Waals surface area (Å²) in [6.07, 6.45) is 1.56. The van der Waals surface area contributed by atoms with Crippen LogP contribution in [0.25, 0.3) is 6.08 Å². The molecule has 0 aromatic heterocycles. The van der Waals surface area contributed by atoms with E-state index in [1.807, 2.05) is 53.8 Å². The summed E-state index contributed by atoms with van der Waals surface area (Å²) in [5.41, 5.74) is 1.59. The molecule has 1 aliphatic heterocycles. The van der Waals surface area contributed by atoms with E-state index in [1.54, 1.807) is 25.1 Å². The van der Waals surface area contributed by atoms with Crippen molar-refractivity contribution in [1.29, 1.82) is 0 Å². The zero-order valence-electron chi connectivity index (χ0n) is 20.8. The molecule has 0 radical (unpaired) electrons. The maximum atomic E-state index is 13.0. The number of ether oxygens (including phenoxy) is 2. The van der Waals surface area contributed by atoms with Crippen molar-refractivity contribution < 1.29 is 31.7 Å². The van der Waals surface area contributed by atoms with Crippen LogP contribution in [0.3, 0.4) is 0 Å². The van der Waals surface area contributed by atoms with Crippen molar-refractivity contribution >= 4 is 73.3 Å². The van der Waals surface area contributed by atoms with Crippen LogP contribution < -0.4 is 13.7 Å². The summed E-state index contributed by atoms with van der Waals surface area (Å²) in [6, 6.07) is 16.3. The minimum absolute atomic E-state index is 0.0194. The average molecular weight is 700 g/mol. The van der Waals surface area contributed by atoms with Gasteiger partial charge in [-0.05, 0) is 114 Å². The van der Waals surface area contributed by atoms with E-state index in [9.17, 15) is 18.0 Å². The van der Waals surface area contributed by atoms with E-state index in [1.165, 1.54) is 24.3 Å². The van der Waals surface area contributed by atoms with Gasteiger partial charge in [0.15, 0.2) is 11.5 Å². The van der Waals surface area contributed by atoms with Crippen LogP contribution in [0.4, 0.5) is 4.79 Å². The number of hydrogen-bond acceptors (Lipinski definition) is 8. The Bertz CT molecular complexity index is 1540. The molecule has 0 unspecified atom stereocenters. The monoisotopic (exact) mass is 699 g/mol. The predicted octanol–water partition coefficient (Wildman–Crippen LogP) is 6.53. The third-order valence-corrected chi connectivity index (χ3v) is 8.57. The molecule has 3 aromatic rings. The Labute approximate surface area is 249 Å². The smallest absolute Gasteiger partial charge is 0.339 e. The number of hydrogen-bond donors (Lipinski definition) is 0. The number of imide groups is 1. The van der Waals surface area contributed by atoms with Gasteiger partial charge < -0.3 is 13.7 Å². The van der Waals surface area contributed by atoms with Crippen molar-refractivity contribution in [3.63, 3.8) is 0 Å². The lowest BCUT2D eigenvalue weighted by atomic mass is 10.2. The lowest BCUT2D eigenvalue weighted by Gasteiger charge is -2.15. The molecule has 39 heavy (non-hydrogen) atoms. The second-order valence-corrected chi connectivity index (χ2v) is 12.4. The highest BCUT2D eigenvalue weighted by Crippen LogP contribution is 2.39. The Hall–Kier alpha value is -2.74. The first-order chi connectivity index (χ1) is 18.6. The van der Waals surface area contributed by atoms with E-state index < -0.39 is 21.3 Å². The largest absolute Gasteiger partial charge is 0.492 e. The second kappa shape index (κ2) is 12.6. The number of benzene rings is 3. The Morgan fingerprint density at radius 1 is 1.05 bits per heavy atom. The van der Waals surface area contributed by atoms with Crippen LogP contribution in [-0.4, -0.2) is 44.2 Å². The molecule has 204 valence electrons. The van der Waals surface area contributed by atoms with Crippen molar-refractivity contribution in [3.05, 3.63) is 85.3 Å². The molecule has 12 heteroatoms. The molecule has 1 saturated heterocycles. The van der Waals surface area contributed by atoms with Gasteiger partial charge in [-0.25, -0.2) is 0 Å². The molecule has 1 heterocycles. The fourth-order valence-corrected chi connectivity index (χ4v) is 6.41. The first-order valence-electron chi connectivity index (χ1n) is 11.7. The number of aryl methyl sites for hydroxylation is 1. The Morgan fingerprint density at radius 3 is 2.49 bits per heavy atom. The van der Waals surface area contributed by atoms with E-state index in [0.717, 1.165) is 22.2 Å². The van der Waals surface area contributed by atoms with Gasteiger partial charge in [-0.2, -0.15) is 8.42 Å². The van der Waals surface area contributed by atoms with Crippen LogP contribution in [0.2, 0.25) is 5.02 Å². The van der Waals surface area contributed by atoms with Crippen LogP contribution in [0, 0.1) is 10.5 Å². The van der Waals surface area contributed by atoms with Gasteiger partial charge in [0.25, 0.3) is 11.1 Å². The summed E-state index contributed by atoms with van der Waals surface area (Å²) >= 11 is 8.63. The second-order valence-electron chi connectivity index (χ2n) is 8.25. The van der Waals surface area contributed by atoms with Gasteiger partial charge in [-0.15, -0.1) is 0 Å². The zero-order valence-corrected chi connectivity index (χ0v) is 25.4. The molecule has 0 N–H and O–H groups in total. The first-order valence-corrected chi connectivity index (χ1v) is 15.4. The number of rotatable bonds is 10. The highest BCUT2D eigenvalue weighted by Gasteiger charge is 2.35. The minimum Gasteiger partial charge on any atom is -0.492 e. The maximum absolute atomic E-state index is 13.0. The lowest BCUT2D eigenvalue weighted by molar-refractivity contribution is -0.123. The first kappa shape index (κ1) is 29.2. The number of carbonyl (C=O) groups excluding carboxylic acids is 2. The summed E-state index contributed by atoms with van der Waals surface area (Å²) < 4.78 is 42.9. The summed E-state index contributed by atoms with van der Waals surface area (Å²) in [5, 5.41) is -0.000982. The molecule has 0 spiro atoms. The molecular weight excluding hydrogens is 677 g/mol. The van der Waals surface area contributed by atoms with E-state index in [2.05, 4.69) is 0 Å². The average Bonchev–Trinajstić information content (AvgIpc) is 3.14. The number of amides is 2. The summed E-state index contributed by atoms with van der Waals surface area (Å²) in [5.74, 6) is 0.428. The van der Waals surface area contributed by atoms with Gasteiger partial charge in [0.2, 0.25) is 0 Å². The van der Waals surface area contributed by atoms with E-state index in [0.29, 0.717) is 19.9 Å². The fourth-order valence-electron chi connectivity index (χ4n) is 3.58. The third-order valence-electron chi connectivity index (χ3n) is 5.37. The highest BCUT2D eigenvalue weighted by molar-refractivity contribution is 14.1. The van der Waals surface area contributed by atoms with Crippen molar-refractivity contribution in [2.24, 2.45) is 0 Å². The molecule has 8 nitrogen and oxygen atoms in total. The van der Waals surface area contributed by atoms with Crippen LogP contribution >= 0.6 is 46.0 Å². The third kappa shape index (κ3) is 7.27. The summed E-state index contributed by atoms with van der Waals surface area (Å²) in [7, 11) is -4.16. The Morgan fingerprint density at radius 2 is 1.79 bits per heavy atom. The molecule has 1 fully saturated rings. The van der Waals surface area contributed by atoms with E-state index in [-0.39, 0.29) is 41.1 Å². The Kier molecular flexibility index (Phi) is 9.47. The van der Waals surface area contributed by atoms with Gasteiger partial charge in [-0.3, -0.25) is 14.5 Å². The molecule has 1 aliphatic rings. The van der Waals surface area contributed by atoms with Gasteiger partial charge in [0.05, 0.1) is 21.6 Å². The number of carbonyl (C=O) groups is 2. The molecule has 4 rings (SSSR count). The SMILES string of the molecule is CCOc1cc(/C=C2\SC(=O)N(CCOc3cccc(C)c3)C2=O)cc(I)c1OS(=O)(=O)c1ccc(Cl)cc1. The van der Waals surface area contributed by atoms with Crippen molar-refractivity contribution in [1.82, 2.24) is 4.90 Å². The number of nitrogens with zero attached hydrogens (tertiary/aromatic N) is 1. The van der Waals surface area contributed by atoms with Crippen molar-refractivity contribution in [3.8, 4) is 17.2 Å². The zero-order chi connectivity index (χ0) is 28.2. The van der Waals surface area contributed by atoms with Crippen LogP contribution in [0.5, 0.6) is 17.2 Å². The molecule has 0 bridgehead atoms. The van der Waals surface area contributed by atoms with Crippen molar-refractivity contribution in [2.45, 2.75) is 18.7 Å². The predicted molar refractivity (Wildman–Crippen MR) is 159 cm³/mol. The standard InChI is InChI=1S/C27H23ClINO7S2/c1-3-35-23-15-18(14-22(29)25(23)37-39(33,34)21-9-7-19(28)8-10-21)16-24-26(31)30(27(32)38-24)11-12-36-20-6-4-5-17(2)13-20/h4-10,13-16H,3,11-12H2,1-2H3/b24-16-. The van der Waals surface area contributed by atoms with Crippen LogP contribution in [0.15, 0.2) is 70.5 Å². The minimum atomic E-state index is -4.16. The van der Waals surface area contributed by atoms with Gasteiger partial charge >= 0.3 is 10.1 Å². The normalized spacial score (nSPS) is 14.7. The van der Waals surface area contributed by atoms with E-state index in [4.69, 9.17) is 25.3 Å². The quantitative estimate of drug-likeness (QED) is 0.134. The van der Waals surface area contributed by atoms with Gasteiger partial charge in [-0.1, -0.05) is 23.7 Å². The molecule has 3 aromatic carbocycles.